The average molecular weight is 584 g/mol. The molecule has 1 saturated carbocycles. The number of likely N-dealkylation sites (N-methyl/N-ethyl adjacent to an activating group) is 1. The SMILES string of the molecule is C=C/C=C\C=C(/C)C(O)(CCC1CC1)c1ccc(F)c(NC(=O)/C(=C/C(=C)C(F)(F)F)N(C)c2cccc(CN)c2)c1. The fourth-order valence-electron chi connectivity index (χ4n) is 4.46. The summed E-state index contributed by atoms with van der Waals surface area (Å²) in [4.78, 5) is 14.7. The van der Waals surface area contributed by atoms with E-state index in [0.29, 0.717) is 40.8 Å². The summed E-state index contributed by atoms with van der Waals surface area (Å²) in [6, 6.07) is 10.5. The molecule has 2 aromatic carbocycles. The van der Waals surface area contributed by atoms with Gasteiger partial charge in [0.05, 0.1) is 11.3 Å². The van der Waals surface area contributed by atoms with E-state index in [-0.39, 0.29) is 12.2 Å². The smallest absolute Gasteiger partial charge is 0.381 e. The predicted octanol–water partition coefficient (Wildman–Crippen LogP) is 7.43. The Hall–Kier alpha value is -3.95. The standard InChI is InChI=1S/C33H37F4N3O2/c1-5-6-7-9-22(2)32(42,17-16-24-12-13-24)26-14-15-28(34)29(20-26)39-31(41)30(18-23(3)33(35,36)37)40(4)27-11-8-10-25(19-27)21-38/h5-11,14-15,18-20,24,42H,1,3,12-13,16-17,21,38H2,2,4H3,(H,39,41)/b7-6-,22-9+,30-18-. The van der Waals surface area contributed by atoms with Crippen LogP contribution in [-0.2, 0) is 16.9 Å². The maximum absolute atomic E-state index is 15.1. The van der Waals surface area contributed by atoms with Crippen molar-refractivity contribution >= 4 is 17.3 Å². The molecule has 1 atom stereocenters. The zero-order chi connectivity index (χ0) is 31.1. The molecule has 0 aromatic heterocycles. The quantitative estimate of drug-likeness (QED) is 0.130. The lowest BCUT2D eigenvalue weighted by atomic mass is 9.81. The van der Waals surface area contributed by atoms with Crippen molar-refractivity contribution in [2.45, 2.75) is 50.9 Å². The molecule has 0 aliphatic heterocycles. The highest BCUT2D eigenvalue weighted by Crippen LogP contribution is 2.42. The van der Waals surface area contributed by atoms with Gasteiger partial charge in [0.2, 0.25) is 0 Å². The molecule has 224 valence electrons. The molecule has 1 amide bonds. The van der Waals surface area contributed by atoms with Crippen LogP contribution in [0.15, 0.2) is 103 Å². The molecule has 2 aromatic rings. The van der Waals surface area contributed by atoms with E-state index in [1.807, 2.05) is 0 Å². The number of anilines is 2. The second-order valence-electron chi connectivity index (χ2n) is 10.4. The number of carbonyl (C=O) groups is 1. The monoisotopic (exact) mass is 583 g/mol. The molecule has 0 saturated heterocycles. The minimum atomic E-state index is -4.79. The summed E-state index contributed by atoms with van der Waals surface area (Å²) >= 11 is 0. The summed E-state index contributed by atoms with van der Waals surface area (Å²) in [6.07, 6.45) is 5.89. The van der Waals surface area contributed by atoms with Gasteiger partial charge in [0.1, 0.15) is 17.1 Å². The lowest BCUT2D eigenvalue weighted by Crippen LogP contribution is -2.30. The topological polar surface area (TPSA) is 78.6 Å². The van der Waals surface area contributed by atoms with Crippen molar-refractivity contribution in [3.05, 3.63) is 120 Å². The number of amides is 1. The first-order valence-electron chi connectivity index (χ1n) is 13.6. The van der Waals surface area contributed by atoms with Crippen LogP contribution in [-0.4, -0.2) is 24.2 Å². The third kappa shape index (κ3) is 8.30. The molecule has 0 radical (unpaired) electrons. The van der Waals surface area contributed by atoms with Crippen molar-refractivity contribution in [3.8, 4) is 0 Å². The molecule has 1 aliphatic carbocycles. The van der Waals surface area contributed by atoms with E-state index in [0.717, 1.165) is 25.3 Å². The normalized spacial score (nSPS) is 15.8. The van der Waals surface area contributed by atoms with Gasteiger partial charge in [-0.15, -0.1) is 0 Å². The first-order valence-corrected chi connectivity index (χ1v) is 13.6. The van der Waals surface area contributed by atoms with Crippen molar-refractivity contribution < 1.29 is 27.5 Å². The van der Waals surface area contributed by atoms with Gasteiger partial charge < -0.3 is 21.1 Å². The third-order valence-electron chi connectivity index (χ3n) is 7.35. The highest BCUT2D eigenvalue weighted by molar-refractivity contribution is 6.06. The Morgan fingerprint density at radius 1 is 1.19 bits per heavy atom. The molecule has 42 heavy (non-hydrogen) atoms. The molecule has 3 rings (SSSR count). The molecule has 4 N–H and O–H groups in total. The molecular formula is C33H37F4N3O2. The fraction of sp³-hybridized carbons (Fsp3) is 0.303. The van der Waals surface area contributed by atoms with E-state index in [1.54, 1.807) is 55.5 Å². The van der Waals surface area contributed by atoms with E-state index < -0.39 is 34.8 Å². The van der Waals surface area contributed by atoms with Gasteiger partial charge in [-0.25, -0.2) is 4.39 Å². The number of rotatable bonds is 13. The minimum absolute atomic E-state index is 0.182. The molecular weight excluding hydrogens is 546 g/mol. The zero-order valence-corrected chi connectivity index (χ0v) is 23.8. The molecule has 1 fully saturated rings. The Labute approximate surface area is 244 Å². The van der Waals surface area contributed by atoms with Crippen LogP contribution in [0.1, 0.15) is 43.7 Å². The zero-order valence-electron chi connectivity index (χ0n) is 23.8. The van der Waals surface area contributed by atoms with Crippen LogP contribution >= 0.6 is 0 Å². The highest BCUT2D eigenvalue weighted by atomic mass is 19.4. The fourth-order valence-corrected chi connectivity index (χ4v) is 4.46. The molecule has 0 spiro atoms. The molecule has 0 heterocycles. The van der Waals surface area contributed by atoms with Crippen LogP contribution in [0.4, 0.5) is 28.9 Å². The molecule has 1 aliphatic rings. The second kappa shape index (κ2) is 13.8. The van der Waals surface area contributed by atoms with Gasteiger partial charge in [0, 0.05) is 19.3 Å². The van der Waals surface area contributed by atoms with Gasteiger partial charge in [-0.1, -0.05) is 68.5 Å². The van der Waals surface area contributed by atoms with E-state index in [4.69, 9.17) is 5.73 Å². The Morgan fingerprint density at radius 2 is 1.90 bits per heavy atom. The number of alkyl halides is 3. The maximum atomic E-state index is 15.1. The number of allylic oxidation sites excluding steroid dienone is 6. The maximum Gasteiger partial charge on any atom is 0.415 e. The molecule has 1 unspecified atom stereocenters. The van der Waals surface area contributed by atoms with Crippen molar-refractivity contribution in [3.63, 3.8) is 0 Å². The summed E-state index contributed by atoms with van der Waals surface area (Å²) < 4.78 is 55.4. The Morgan fingerprint density at radius 3 is 2.52 bits per heavy atom. The second-order valence-corrected chi connectivity index (χ2v) is 10.4. The minimum Gasteiger partial charge on any atom is -0.381 e. The van der Waals surface area contributed by atoms with Crippen LogP contribution in [0, 0.1) is 11.7 Å². The van der Waals surface area contributed by atoms with Crippen LogP contribution in [0.2, 0.25) is 0 Å². The number of benzene rings is 2. The van der Waals surface area contributed by atoms with Crippen molar-refractivity contribution in [1.82, 2.24) is 0 Å². The largest absolute Gasteiger partial charge is 0.415 e. The van der Waals surface area contributed by atoms with Gasteiger partial charge in [-0.3, -0.25) is 4.79 Å². The lowest BCUT2D eigenvalue weighted by Gasteiger charge is -2.31. The van der Waals surface area contributed by atoms with Gasteiger partial charge >= 0.3 is 6.18 Å². The van der Waals surface area contributed by atoms with Crippen LogP contribution in [0.3, 0.4) is 0 Å². The van der Waals surface area contributed by atoms with E-state index >= 15 is 4.39 Å². The molecule has 5 nitrogen and oxygen atoms in total. The average Bonchev–Trinajstić information content (AvgIpc) is 3.79. The molecule has 0 bridgehead atoms. The highest BCUT2D eigenvalue weighted by Gasteiger charge is 2.35. The van der Waals surface area contributed by atoms with Crippen LogP contribution < -0.4 is 16.0 Å². The summed E-state index contributed by atoms with van der Waals surface area (Å²) in [7, 11) is 1.42. The van der Waals surface area contributed by atoms with Crippen LogP contribution in [0.5, 0.6) is 0 Å². The van der Waals surface area contributed by atoms with Gasteiger partial charge in [0.25, 0.3) is 5.91 Å². The third-order valence-corrected chi connectivity index (χ3v) is 7.35. The van der Waals surface area contributed by atoms with Crippen LogP contribution in [0.25, 0.3) is 0 Å². The van der Waals surface area contributed by atoms with Gasteiger partial charge in [-0.2, -0.15) is 13.2 Å². The van der Waals surface area contributed by atoms with E-state index in [9.17, 15) is 23.1 Å². The predicted molar refractivity (Wildman–Crippen MR) is 160 cm³/mol. The van der Waals surface area contributed by atoms with E-state index in [2.05, 4.69) is 18.5 Å². The number of carbonyl (C=O) groups excluding carboxylic acids is 1. The van der Waals surface area contributed by atoms with Crippen molar-refractivity contribution in [2.24, 2.45) is 11.7 Å². The lowest BCUT2D eigenvalue weighted by molar-refractivity contribution is -0.113. The number of nitrogens with two attached hydrogens (primary N) is 1. The molecule has 9 heteroatoms. The summed E-state index contributed by atoms with van der Waals surface area (Å²) in [5.74, 6) is -1.30. The van der Waals surface area contributed by atoms with Gasteiger partial charge in [-0.05, 0) is 72.7 Å². The van der Waals surface area contributed by atoms with Crippen molar-refractivity contribution in [2.75, 3.05) is 17.3 Å². The van der Waals surface area contributed by atoms with Crippen molar-refractivity contribution in [1.29, 1.82) is 0 Å². The van der Waals surface area contributed by atoms with E-state index in [1.165, 1.54) is 24.1 Å². The number of halogens is 4. The number of nitrogens with one attached hydrogen (secondary N) is 1. The summed E-state index contributed by atoms with van der Waals surface area (Å²) in [6.45, 7) is 8.65. The summed E-state index contributed by atoms with van der Waals surface area (Å²) in [5.41, 5.74) is 4.31. The Kier molecular flexibility index (Phi) is 10.7. The Bertz CT molecular complexity index is 1410. The number of nitrogens with zero attached hydrogens (tertiary/aromatic N) is 1. The Balaban J connectivity index is 2.02. The number of hydrogen-bond donors (Lipinski definition) is 3. The number of aliphatic hydroxyl groups is 1. The first kappa shape index (κ1) is 32.6. The first-order chi connectivity index (χ1) is 19.8. The van der Waals surface area contributed by atoms with Gasteiger partial charge in [0.15, 0.2) is 0 Å². The summed E-state index contributed by atoms with van der Waals surface area (Å²) in [5, 5.41) is 14.3. The number of hydrogen-bond acceptors (Lipinski definition) is 4.